The van der Waals surface area contributed by atoms with E-state index in [1.54, 1.807) is 0 Å². The number of hydrogen-bond acceptors (Lipinski definition) is 4. The molecule has 6 nitrogen and oxygen atoms in total. The maximum atomic E-state index is 13.3. The maximum Gasteiger partial charge on any atom is 0.223 e. The van der Waals surface area contributed by atoms with Crippen LogP contribution in [-0.2, 0) is 11.2 Å². The molecular formula is C32H39N5O. The second kappa shape index (κ2) is 10.2. The second-order valence-electron chi connectivity index (χ2n) is 11.0. The van der Waals surface area contributed by atoms with Crippen molar-refractivity contribution in [1.29, 1.82) is 0 Å². The Kier molecular flexibility index (Phi) is 6.99. The summed E-state index contributed by atoms with van der Waals surface area (Å²) in [5.41, 5.74) is 11.2. The molecule has 1 fully saturated rings. The molecule has 0 radical (unpaired) electrons. The standard InChI is InChI=1S/C32H39N5O/c1-20-9-8-10-27(17-20)36-16-15-35(19-23(36)4)30(38)14-13-29-24(5)31-26(7)34-37(32(31)33-25(29)6)28-12-11-21(2)22(3)18-28/h8-12,17-18,23H,13-16,19H2,1-7H3/t23-/m0/s1. The molecule has 0 aliphatic carbocycles. The minimum atomic E-state index is 0.224. The molecule has 0 unspecified atom stereocenters. The molecule has 1 aliphatic rings. The van der Waals surface area contributed by atoms with Crippen molar-refractivity contribution in [3.8, 4) is 5.69 Å². The lowest BCUT2D eigenvalue weighted by atomic mass is 9.98. The van der Waals surface area contributed by atoms with Gasteiger partial charge in [-0.2, -0.15) is 5.10 Å². The first-order valence-electron chi connectivity index (χ1n) is 13.7. The van der Waals surface area contributed by atoms with Crippen molar-refractivity contribution >= 4 is 22.6 Å². The number of aromatic nitrogens is 3. The van der Waals surface area contributed by atoms with Crippen molar-refractivity contribution in [2.75, 3.05) is 24.5 Å². The zero-order valence-electron chi connectivity index (χ0n) is 23.8. The number of fused-ring (bicyclic) bond motifs is 1. The SMILES string of the molecule is Cc1cccc(N2CCN(C(=O)CCc3c(C)nc4c(c(C)nn4-c4ccc(C)c(C)c4)c3C)C[C@@H]2C)c1. The average Bonchev–Trinajstić information content (AvgIpc) is 3.21. The number of rotatable bonds is 5. The number of carbonyl (C=O) groups is 1. The van der Waals surface area contributed by atoms with E-state index in [0.717, 1.165) is 47.7 Å². The van der Waals surface area contributed by atoms with E-state index in [-0.39, 0.29) is 11.9 Å². The molecule has 1 atom stereocenters. The second-order valence-corrected chi connectivity index (χ2v) is 11.0. The molecule has 2 aromatic heterocycles. The number of piperazine rings is 1. The summed E-state index contributed by atoms with van der Waals surface area (Å²) >= 11 is 0. The highest BCUT2D eigenvalue weighted by Crippen LogP contribution is 2.29. The molecule has 0 spiro atoms. The van der Waals surface area contributed by atoms with Crippen LogP contribution in [-0.4, -0.2) is 51.2 Å². The summed E-state index contributed by atoms with van der Waals surface area (Å²) in [4.78, 5) is 22.7. The molecule has 6 heteroatoms. The van der Waals surface area contributed by atoms with Gasteiger partial charge in [-0.3, -0.25) is 4.79 Å². The summed E-state index contributed by atoms with van der Waals surface area (Å²) in [6.07, 6.45) is 1.19. The number of amides is 1. The zero-order chi connectivity index (χ0) is 27.1. The van der Waals surface area contributed by atoms with E-state index in [1.807, 2.05) is 16.5 Å². The fourth-order valence-electron chi connectivity index (χ4n) is 5.88. The third kappa shape index (κ3) is 4.80. The summed E-state index contributed by atoms with van der Waals surface area (Å²) in [6.45, 7) is 17.2. The summed E-state index contributed by atoms with van der Waals surface area (Å²) < 4.78 is 1.96. The van der Waals surface area contributed by atoms with E-state index in [9.17, 15) is 4.79 Å². The largest absolute Gasteiger partial charge is 0.365 e. The first-order chi connectivity index (χ1) is 18.1. The first kappa shape index (κ1) is 26.0. The lowest BCUT2D eigenvalue weighted by Gasteiger charge is -2.41. The topological polar surface area (TPSA) is 54.3 Å². The van der Waals surface area contributed by atoms with Crippen molar-refractivity contribution in [3.63, 3.8) is 0 Å². The Morgan fingerprint density at radius 3 is 2.42 bits per heavy atom. The zero-order valence-corrected chi connectivity index (χ0v) is 23.8. The van der Waals surface area contributed by atoms with Crippen molar-refractivity contribution in [2.24, 2.45) is 0 Å². The monoisotopic (exact) mass is 509 g/mol. The summed E-state index contributed by atoms with van der Waals surface area (Å²) in [5.74, 6) is 0.224. The van der Waals surface area contributed by atoms with E-state index in [2.05, 4.69) is 88.9 Å². The molecule has 3 heterocycles. The Bertz CT molecular complexity index is 1520. The molecule has 4 aromatic rings. The van der Waals surface area contributed by atoms with Gasteiger partial charge in [-0.1, -0.05) is 18.2 Å². The first-order valence-corrected chi connectivity index (χ1v) is 13.7. The van der Waals surface area contributed by atoms with Crippen molar-refractivity contribution in [1.82, 2.24) is 19.7 Å². The van der Waals surface area contributed by atoms with Gasteiger partial charge in [0.1, 0.15) is 0 Å². The Morgan fingerprint density at radius 2 is 1.71 bits per heavy atom. The number of hydrogen-bond donors (Lipinski definition) is 0. The number of nitrogens with zero attached hydrogens (tertiary/aromatic N) is 5. The van der Waals surface area contributed by atoms with Gasteiger partial charge in [-0.15, -0.1) is 0 Å². The van der Waals surface area contributed by atoms with Crippen LogP contribution in [0.15, 0.2) is 42.5 Å². The molecule has 5 rings (SSSR count). The van der Waals surface area contributed by atoms with Gasteiger partial charge in [0.2, 0.25) is 5.91 Å². The molecule has 1 aliphatic heterocycles. The number of anilines is 1. The van der Waals surface area contributed by atoms with E-state index in [0.29, 0.717) is 12.8 Å². The third-order valence-corrected chi connectivity index (χ3v) is 8.21. The molecule has 1 saturated heterocycles. The fourth-order valence-corrected chi connectivity index (χ4v) is 5.88. The molecule has 2 aromatic carbocycles. The Balaban J connectivity index is 1.32. The Morgan fingerprint density at radius 1 is 0.921 bits per heavy atom. The average molecular weight is 510 g/mol. The fraction of sp³-hybridized carbons (Fsp3) is 0.406. The molecular weight excluding hydrogens is 470 g/mol. The predicted molar refractivity (Wildman–Crippen MR) is 155 cm³/mol. The number of aryl methyl sites for hydroxylation is 6. The number of benzene rings is 2. The van der Waals surface area contributed by atoms with Gasteiger partial charge in [0.05, 0.1) is 11.4 Å². The lowest BCUT2D eigenvalue weighted by Crippen LogP contribution is -2.53. The molecule has 0 bridgehead atoms. The van der Waals surface area contributed by atoms with Crippen LogP contribution in [0, 0.1) is 41.5 Å². The van der Waals surface area contributed by atoms with E-state index < -0.39 is 0 Å². The highest BCUT2D eigenvalue weighted by Gasteiger charge is 2.27. The maximum absolute atomic E-state index is 13.3. The van der Waals surface area contributed by atoms with Crippen molar-refractivity contribution in [2.45, 2.75) is 67.3 Å². The van der Waals surface area contributed by atoms with E-state index in [4.69, 9.17) is 10.1 Å². The van der Waals surface area contributed by atoms with Gasteiger partial charge in [0.25, 0.3) is 0 Å². The minimum absolute atomic E-state index is 0.224. The summed E-state index contributed by atoms with van der Waals surface area (Å²) in [7, 11) is 0. The molecule has 38 heavy (non-hydrogen) atoms. The third-order valence-electron chi connectivity index (χ3n) is 8.21. The number of carbonyl (C=O) groups excluding carboxylic acids is 1. The molecule has 0 N–H and O–H groups in total. The van der Waals surface area contributed by atoms with E-state index >= 15 is 0 Å². The van der Waals surface area contributed by atoms with Gasteiger partial charge in [-0.25, -0.2) is 9.67 Å². The van der Waals surface area contributed by atoms with Gasteiger partial charge in [-0.05, 0) is 107 Å². The molecule has 1 amide bonds. The van der Waals surface area contributed by atoms with Crippen LogP contribution in [0.3, 0.4) is 0 Å². The lowest BCUT2D eigenvalue weighted by molar-refractivity contribution is -0.131. The highest BCUT2D eigenvalue weighted by atomic mass is 16.2. The number of pyridine rings is 1. The quantitative estimate of drug-likeness (QED) is 0.334. The van der Waals surface area contributed by atoms with Crippen LogP contribution in [0.4, 0.5) is 5.69 Å². The van der Waals surface area contributed by atoms with Crippen LogP contribution >= 0.6 is 0 Å². The molecule has 198 valence electrons. The highest BCUT2D eigenvalue weighted by molar-refractivity contribution is 5.85. The van der Waals surface area contributed by atoms with Crippen molar-refractivity contribution in [3.05, 3.63) is 81.7 Å². The summed E-state index contributed by atoms with van der Waals surface area (Å²) in [5, 5.41) is 5.96. The van der Waals surface area contributed by atoms with Crippen LogP contribution in [0.25, 0.3) is 16.7 Å². The van der Waals surface area contributed by atoms with Gasteiger partial charge in [0.15, 0.2) is 5.65 Å². The normalized spacial score (nSPS) is 15.9. The predicted octanol–water partition coefficient (Wildman–Crippen LogP) is 5.94. The van der Waals surface area contributed by atoms with Gasteiger partial charge < -0.3 is 9.80 Å². The minimum Gasteiger partial charge on any atom is -0.365 e. The molecule has 0 saturated carbocycles. The Hall–Kier alpha value is -3.67. The smallest absolute Gasteiger partial charge is 0.223 e. The van der Waals surface area contributed by atoms with Gasteiger partial charge >= 0.3 is 0 Å². The van der Waals surface area contributed by atoms with E-state index in [1.165, 1.54) is 33.5 Å². The summed E-state index contributed by atoms with van der Waals surface area (Å²) in [6, 6.07) is 15.3. The van der Waals surface area contributed by atoms with Gasteiger partial charge in [0, 0.05) is 48.9 Å². The van der Waals surface area contributed by atoms with Crippen LogP contribution in [0.1, 0.15) is 52.5 Å². The van der Waals surface area contributed by atoms with Crippen LogP contribution < -0.4 is 4.90 Å². The van der Waals surface area contributed by atoms with Crippen LogP contribution in [0.5, 0.6) is 0 Å². The van der Waals surface area contributed by atoms with Crippen LogP contribution in [0.2, 0.25) is 0 Å². The Labute approximate surface area is 226 Å². The van der Waals surface area contributed by atoms with Crippen molar-refractivity contribution < 1.29 is 4.79 Å².